The second-order valence-corrected chi connectivity index (χ2v) is 9.54. The fourth-order valence-electron chi connectivity index (χ4n) is 5.13. The summed E-state index contributed by atoms with van der Waals surface area (Å²) in [6, 6.07) is 5.15. The lowest BCUT2D eigenvalue weighted by molar-refractivity contribution is -0.125. The molecule has 1 aromatic carbocycles. The Morgan fingerprint density at radius 3 is 2.97 bits per heavy atom. The van der Waals surface area contributed by atoms with Crippen LogP contribution in [0, 0.1) is 5.92 Å². The van der Waals surface area contributed by atoms with E-state index in [-0.39, 0.29) is 24.5 Å². The number of likely N-dealkylation sites (N-methyl/N-ethyl adjacent to an activating group) is 1. The Balaban J connectivity index is 1.44. The lowest BCUT2D eigenvalue weighted by Crippen LogP contribution is -2.46. The van der Waals surface area contributed by atoms with Gasteiger partial charge in [0.25, 0.3) is 5.91 Å². The van der Waals surface area contributed by atoms with Crippen molar-refractivity contribution in [2.24, 2.45) is 5.92 Å². The van der Waals surface area contributed by atoms with Crippen molar-refractivity contribution < 1.29 is 14.3 Å². The summed E-state index contributed by atoms with van der Waals surface area (Å²) in [5.41, 5.74) is 3.43. The molecule has 186 valence electrons. The Kier molecular flexibility index (Phi) is 7.68. The Hall–Kier alpha value is -3.42. The summed E-state index contributed by atoms with van der Waals surface area (Å²) < 4.78 is 8.04. The Labute approximate surface area is 207 Å². The van der Waals surface area contributed by atoms with E-state index in [1.807, 2.05) is 23.0 Å². The van der Waals surface area contributed by atoms with Crippen LogP contribution in [0.3, 0.4) is 0 Å². The molecular formula is C27H35N5O3. The van der Waals surface area contributed by atoms with Crippen molar-refractivity contribution in [2.45, 2.75) is 70.7 Å². The molecule has 2 aromatic rings. The van der Waals surface area contributed by atoms with Crippen molar-refractivity contribution in [3.8, 4) is 5.75 Å². The van der Waals surface area contributed by atoms with E-state index in [1.54, 1.807) is 24.1 Å². The molecule has 35 heavy (non-hydrogen) atoms. The first-order valence-corrected chi connectivity index (χ1v) is 12.4. The van der Waals surface area contributed by atoms with Crippen LogP contribution in [0.25, 0.3) is 0 Å². The number of hydrogen-bond donors (Lipinski definition) is 1. The Morgan fingerprint density at radius 2 is 2.23 bits per heavy atom. The van der Waals surface area contributed by atoms with Crippen molar-refractivity contribution in [3.05, 3.63) is 66.0 Å². The van der Waals surface area contributed by atoms with E-state index in [9.17, 15) is 9.59 Å². The number of carbonyl (C=O) groups is 2. The molecule has 1 aliphatic heterocycles. The van der Waals surface area contributed by atoms with E-state index < -0.39 is 6.04 Å². The highest BCUT2D eigenvalue weighted by molar-refractivity contribution is 6.01. The average Bonchev–Trinajstić information content (AvgIpc) is 3.47. The lowest BCUT2D eigenvalue weighted by Gasteiger charge is -2.28. The SMILES string of the molecule is C=CCCC(C(=O)NC)N1Cc2c(OCc3cn(C(C)C4CCCC(=C)C4)nn3)cccc2C1=O. The fraction of sp³-hybridized carbons (Fsp3) is 0.481. The van der Waals surface area contributed by atoms with Crippen LogP contribution in [-0.4, -0.2) is 44.8 Å². The van der Waals surface area contributed by atoms with Crippen LogP contribution < -0.4 is 10.1 Å². The van der Waals surface area contributed by atoms with Gasteiger partial charge in [-0.2, -0.15) is 0 Å². The molecule has 2 amide bonds. The quantitative estimate of drug-likeness (QED) is 0.518. The van der Waals surface area contributed by atoms with Crippen molar-refractivity contribution in [1.29, 1.82) is 0 Å². The topological polar surface area (TPSA) is 89.3 Å². The van der Waals surface area contributed by atoms with E-state index in [4.69, 9.17) is 4.74 Å². The second kappa shape index (κ2) is 10.9. The zero-order chi connectivity index (χ0) is 24.9. The number of allylic oxidation sites excluding steroid dienone is 2. The van der Waals surface area contributed by atoms with E-state index >= 15 is 0 Å². The van der Waals surface area contributed by atoms with Gasteiger partial charge in [-0.05, 0) is 63.5 Å². The largest absolute Gasteiger partial charge is 0.487 e. The number of ether oxygens (including phenoxy) is 1. The van der Waals surface area contributed by atoms with Gasteiger partial charge in [0.1, 0.15) is 24.1 Å². The third-order valence-electron chi connectivity index (χ3n) is 7.21. The summed E-state index contributed by atoms with van der Waals surface area (Å²) in [5.74, 6) is 0.819. The van der Waals surface area contributed by atoms with Gasteiger partial charge in [-0.25, -0.2) is 4.68 Å². The minimum atomic E-state index is -0.553. The fourth-order valence-corrected chi connectivity index (χ4v) is 5.13. The molecule has 2 aliphatic rings. The predicted molar refractivity (Wildman–Crippen MR) is 134 cm³/mol. The van der Waals surface area contributed by atoms with Gasteiger partial charge in [-0.3, -0.25) is 9.59 Å². The van der Waals surface area contributed by atoms with Gasteiger partial charge in [-0.15, -0.1) is 11.7 Å². The highest BCUT2D eigenvalue weighted by atomic mass is 16.5. The van der Waals surface area contributed by atoms with Crippen molar-refractivity contribution in [1.82, 2.24) is 25.2 Å². The van der Waals surface area contributed by atoms with Crippen molar-refractivity contribution >= 4 is 11.8 Å². The average molecular weight is 478 g/mol. The number of aromatic nitrogens is 3. The third kappa shape index (κ3) is 5.31. The smallest absolute Gasteiger partial charge is 0.255 e. The molecule has 0 spiro atoms. The van der Waals surface area contributed by atoms with Gasteiger partial charge in [-0.1, -0.05) is 29.5 Å². The number of carbonyl (C=O) groups excluding carboxylic acids is 2. The van der Waals surface area contributed by atoms with Crippen LogP contribution in [0.1, 0.15) is 73.1 Å². The first kappa shape index (κ1) is 24.7. The maximum Gasteiger partial charge on any atom is 0.255 e. The number of fused-ring (bicyclic) bond motifs is 1. The van der Waals surface area contributed by atoms with Gasteiger partial charge in [0.15, 0.2) is 0 Å². The number of hydrogen-bond acceptors (Lipinski definition) is 5. The van der Waals surface area contributed by atoms with Crippen molar-refractivity contribution in [3.63, 3.8) is 0 Å². The molecule has 1 aliphatic carbocycles. The molecule has 8 nitrogen and oxygen atoms in total. The van der Waals surface area contributed by atoms with Crippen molar-refractivity contribution in [2.75, 3.05) is 7.05 Å². The van der Waals surface area contributed by atoms with Gasteiger partial charge in [0, 0.05) is 18.2 Å². The normalized spacial score (nSPS) is 19.3. The predicted octanol–water partition coefficient (Wildman–Crippen LogP) is 4.20. The summed E-state index contributed by atoms with van der Waals surface area (Å²) in [6.45, 7) is 10.7. The van der Waals surface area contributed by atoms with Crippen LogP contribution in [0.4, 0.5) is 0 Å². The highest BCUT2D eigenvalue weighted by Gasteiger charge is 2.37. The van der Waals surface area contributed by atoms with E-state index in [0.29, 0.717) is 36.6 Å². The number of nitrogens with one attached hydrogen (secondary N) is 1. The third-order valence-corrected chi connectivity index (χ3v) is 7.21. The zero-order valence-corrected chi connectivity index (χ0v) is 20.7. The molecule has 0 saturated heterocycles. The molecule has 3 atom stereocenters. The minimum Gasteiger partial charge on any atom is -0.487 e. The number of benzene rings is 1. The van der Waals surface area contributed by atoms with Crippen LogP contribution in [0.5, 0.6) is 5.75 Å². The summed E-state index contributed by atoms with van der Waals surface area (Å²) in [5, 5.41) is 11.3. The molecule has 1 saturated carbocycles. The minimum absolute atomic E-state index is 0.156. The highest BCUT2D eigenvalue weighted by Crippen LogP contribution is 2.35. The number of nitrogens with zero attached hydrogens (tertiary/aromatic N) is 4. The summed E-state index contributed by atoms with van der Waals surface area (Å²) in [6.07, 6.45) is 9.39. The summed E-state index contributed by atoms with van der Waals surface area (Å²) in [4.78, 5) is 27.2. The monoisotopic (exact) mass is 477 g/mol. The Bertz CT molecular complexity index is 1110. The van der Waals surface area contributed by atoms with E-state index in [0.717, 1.165) is 24.1 Å². The van der Waals surface area contributed by atoms with E-state index in [1.165, 1.54) is 18.4 Å². The lowest BCUT2D eigenvalue weighted by atomic mass is 9.82. The van der Waals surface area contributed by atoms with Crippen LogP contribution in [0.15, 0.2) is 49.2 Å². The van der Waals surface area contributed by atoms with Gasteiger partial charge >= 0.3 is 0 Å². The van der Waals surface area contributed by atoms with Crippen LogP contribution in [0.2, 0.25) is 0 Å². The molecular weight excluding hydrogens is 442 g/mol. The van der Waals surface area contributed by atoms with Gasteiger partial charge in [0.05, 0.1) is 18.8 Å². The van der Waals surface area contributed by atoms with Crippen LogP contribution in [-0.2, 0) is 17.9 Å². The second-order valence-electron chi connectivity index (χ2n) is 9.54. The molecule has 3 unspecified atom stereocenters. The molecule has 0 bridgehead atoms. The Morgan fingerprint density at radius 1 is 1.40 bits per heavy atom. The molecule has 8 heteroatoms. The van der Waals surface area contributed by atoms with Gasteiger partial charge in [0.2, 0.25) is 5.91 Å². The molecule has 1 aromatic heterocycles. The van der Waals surface area contributed by atoms with E-state index in [2.05, 4.69) is 35.7 Å². The first-order valence-electron chi connectivity index (χ1n) is 12.4. The number of amides is 2. The zero-order valence-electron chi connectivity index (χ0n) is 20.7. The first-order chi connectivity index (χ1) is 16.9. The molecule has 0 radical (unpaired) electrons. The van der Waals surface area contributed by atoms with Gasteiger partial charge < -0.3 is 15.0 Å². The maximum absolute atomic E-state index is 13.1. The molecule has 4 rings (SSSR count). The molecule has 1 N–H and O–H groups in total. The molecule has 1 fully saturated rings. The summed E-state index contributed by atoms with van der Waals surface area (Å²) in [7, 11) is 1.59. The standard InChI is InChI=1S/C27H35N5O3/c1-5-6-12-24(26(33)28-4)31-16-23-22(27(31)34)11-8-13-25(23)35-17-21-15-32(30-29-21)19(3)20-10-7-9-18(2)14-20/h5,8,11,13,15,19-20,24H,1-2,6-7,9-10,12,14,16-17H2,3-4H3,(H,28,33). The number of rotatable bonds is 10. The molecule has 2 heterocycles. The maximum atomic E-state index is 13.1. The van der Waals surface area contributed by atoms with Crippen LogP contribution >= 0.6 is 0 Å². The summed E-state index contributed by atoms with van der Waals surface area (Å²) >= 11 is 0.